The molecule has 10 heteroatoms. The second-order valence-corrected chi connectivity index (χ2v) is 10.4. The van der Waals surface area contributed by atoms with E-state index in [4.69, 9.17) is 16.3 Å². The minimum atomic E-state index is -1.13. The van der Waals surface area contributed by atoms with Crippen molar-refractivity contribution < 1.29 is 31.8 Å². The highest BCUT2D eigenvalue weighted by atomic mass is 35.5. The summed E-state index contributed by atoms with van der Waals surface area (Å²) in [7, 11) is 1.12. The Morgan fingerprint density at radius 3 is 2.03 bits per heavy atom. The van der Waals surface area contributed by atoms with Gasteiger partial charge in [0.25, 0.3) is 0 Å². The van der Waals surface area contributed by atoms with Crippen molar-refractivity contribution in [3.05, 3.63) is 87.9 Å². The van der Waals surface area contributed by atoms with Crippen molar-refractivity contribution in [2.24, 2.45) is 11.8 Å². The summed E-state index contributed by atoms with van der Waals surface area (Å²) in [6.45, 7) is -0.141. The fourth-order valence-corrected chi connectivity index (χ4v) is 5.85. The van der Waals surface area contributed by atoms with E-state index in [1.165, 1.54) is 0 Å². The molecule has 5 nitrogen and oxygen atoms in total. The van der Waals surface area contributed by atoms with Gasteiger partial charge in [0.05, 0.1) is 30.7 Å². The van der Waals surface area contributed by atoms with Crippen LogP contribution in [0.15, 0.2) is 48.5 Å². The molecule has 5 rings (SSSR count). The van der Waals surface area contributed by atoms with Gasteiger partial charge in [0.2, 0.25) is 0 Å². The molecule has 2 aliphatic rings. The first-order chi connectivity index (χ1) is 18.7. The van der Waals surface area contributed by atoms with Crippen molar-refractivity contribution in [1.82, 2.24) is 0 Å². The van der Waals surface area contributed by atoms with Crippen molar-refractivity contribution in [2.75, 3.05) is 24.4 Å². The molecule has 1 unspecified atom stereocenters. The van der Waals surface area contributed by atoms with Crippen LogP contribution in [0.3, 0.4) is 0 Å². The van der Waals surface area contributed by atoms with Crippen LogP contribution < -0.4 is 15.4 Å². The second-order valence-electron chi connectivity index (χ2n) is 9.95. The first-order valence-corrected chi connectivity index (χ1v) is 13.1. The van der Waals surface area contributed by atoms with Gasteiger partial charge in [0.1, 0.15) is 5.66 Å². The van der Waals surface area contributed by atoms with Crippen molar-refractivity contribution in [3.8, 4) is 5.75 Å². The minimum Gasteiger partial charge on any atom is -0.487 e. The van der Waals surface area contributed by atoms with Crippen molar-refractivity contribution in [2.45, 2.75) is 37.8 Å². The van der Waals surface area contributed by atoms with E-state index in [-0.39, 0.29) is 18.1 Å². The van der Waals surface area contributed by atoms with E-state index < -0.39 is 46.6 Å². The van der Waals surface area contributed by atoms with Crippen molar-refractivity contribution in [1.29, 1.82) is 0 Å². The smallest absolute Gasteiger partial charge is 0.338 e. The Hall–Kier alpha value is -3.46. The lowest BCUT2D eigenvalue weighted by molar-refractivity contribution is 0.0599. The van der Waals surface area contributed by atoms with Gasteiger partial charge in [-0.2, -0.15) is 0 Å². The molecule has 3 aromatic carbocycles. The second kappa shape index (κ2) is 11.0. The van der Waals surface area contributed by atoms with Gasteiger partial charge in [-0.1, -0.05) is 43.0 Å². The highest BCUT2D eigenvalue weighted by molar-refractivity contribution is 6.30. The third-order valence-corrected chi connectivity index (χ3v) is 7.88. The molecule has 0 spiro atoms. The van der Waals surface area contributed by atoms with Gasteiger partial charge in [-0.05, 0) is 48.6 Å². The molecule has 1 saturated carbocycles. The highest BCUT2D eigenvalue weighted by Crippen LogP contribution is 2.49. The fraction of sp³-hybridized carbons (Fsp3) is 0.345. The maximum atomic E-state index is 14.9. The lowest BCUT2D eigenvalue weighted by Gasteiger charge is -2.44. The number of esters is 1. The number of carbonyl (C=O) groups is 1. The quantitative estimate of drug-likeness (QED) is 0.229. The van der Waals surface area contributed by atoms with Crippen LogP contribution >= 0.6 is 11.6 Å². The number of hydrogen-bond donors (Lipinski definition) is 2. The summed E-state index contributed by atoms with van der Waals surface area (Å²) in [5, 5.41) is 7.22. The van der Waals surface area contributed by atoms with Gasteiger partial charge in [-0.15, -0.1) is 0 Å². The van der Waals surface area contributed by atoms with Crippen LogP contribution in [-0.4, -0.2) is 19.7 Å². The van der Waals surface area contributed by atoms with Gasteiger partial charge >= 0.3 is 5.97 Å². The highest BCUT2D eigenvalue weighted by Gasteiger charge is 2.49. The SMILES string of the molecule is COC(=O)c1cc(F)c(OCC(C2CCCCC2)C2(c3ccc(Cl)cc3)Nc3cc(F)c(F)cc3N2)c(F)c1. The molecule has 0 radical (unpaired) electrons. The number of carbonyl (C=O) groups excluding carboxylic acids is 1. The number of ether oxygens (including phenoxy) is 2. The molecule has 1 atom stereocenters. The van der Waals surface area contributed by atoms with Gasteiger partial charge in [-0.3, -0.25) is 0 Å². The molecule has 1 aliphatic carbocycles. The summed E-state index contributed by atoms with van der Waals surface area (Å²) >= 11 is 6.16. The topological polar surface area (TPSA) is 59.6 Å². The maximum absolute atomic E-state index is 14.9. The Kier molecular flexibility index (Phi) is 7.62. The summed E-state index contributed by atoms with van der Waals surface area (Å²) < 4.78 is 68.7. The maximum Gasteiger partial charge on any atom is 0.338 e. The molecular formula is C29H27ClF4N2O3. The molecule has 0 aromatic heterocycles. The van der Waals surface area contributed by atoms with Crippen LogP contribution in [0.2, 0.25) is 5.02 Å². The number of fused-ring (bicyclic) bond motifs is 1. The van der Waals surface area contributed by atoms with E-state index in [9.17, 15) is 22.4 Å². The van der Waals surface area contributed by atoms with E-state index in [2.05, 4.69) is 15.4 Å². The molecular weight excluding hydrogens is 536 g/mol. The zero-order chi connectivity index (χ0) is 27.7. The van der Waals surface area contributed by atoms with Crippen LogP contribution in [-0.2, 0) is 10.4 Å². The molecule has 1 fully saturated rings. The monoisotopic (exact) mass is 562 g/mol. The summed E-state index contributed by atoms with van der Waals surface area (Å²) in [4.78, 5) is 11.8. The molecule has 0 amide bonds. The van der Waals surface area contributed by atoms with Crippen molar-refractivity contribution in [3.63, 3.8) is 0 Å². The largest absolute Gasteiger partial charge is 0.487 e. The van der Waals surface area contributed by atoms with Gasteiger partial charge in [0, 0.05) is 23.1 Å². The van der Waals surface area contributed by atoms with Crippen LogP contribution in [0.5, 0.6) is 5.75 Å². The summed E-state index contributed by atoms with van der Waals surface area (Å²) in [5.41, 5.74) is 0.00701. The third-order valence-electron chi connectivity index (χ3n) is 7.63. The Morgan fingerprint density at radius 2 is 1.49 bits per heavy atom. The Morgan fingerprint density at radius 1 is 0.923 bits per heavy atom. The lowest BCUT2D eigenvalue weighted by atomic mass is 9.72. The van der Waals surface area contributed by atoms with E-state index in [1.54, 1.807) is 24.3 Å². The lowest BCUT2D eigenvalue weighted by Crippen LogP contribution is -2.51. The number of hydrogen-bond acceptors (Lipinski definition) is 5. The molecule has 0 saturated heterocycles. The average Bonchev–Trinajstić information content (AvgIpc) is 3.29. The first kappa shape index (κ1) is 27.1. The molecule has 1 aliphatic heterocycles. The number of nitrogens with one attached hydrogen (secondary N) is 2. The predicted molar refractivity (Wildman–Crippen MR) is 140 cm³/mol. The Balaban J connectivity index is 1.56. The van der Waals surface area contributed by atoms with E-state index in [0.717, 1.165) is 63.5 Å². The molecule has 1 heterocycles. The number of halogens is 5. The van der Waals surface area contributed by atoms with Crippen LogP contribution in [0.25, 0.3) is 0 Å². The van der Waals surface area contributed by atoms with Crippen LogP contribution in [0.4, 0.5) is 28.9 Å². The summed E-state index contributed by atoms with van der Waals surface area (Å²) in [5.74, 6) is -6.00. The molecule has 0 bridgehead atoms. The van der Waals surface area contributed by atoms with E-state index in [0.29, 0.717) is 22.0 Å². The number of benzene rings is 3. The standard InChI is InChI=1S/C29H27ClF4N2O3/c1-38-28(37)17-11-23(33)27(24(34)12-17)39-15-20(16-5-3-2-4-6-16)29(18-7-9-19(30)10-8-18)35-25-13-21(31)22(32)14-26(25)36-29/h7-14,16,20,35-36H,2-6,15H2,1H3. The Labute approximate surface area is 228 Å². The van der Waals surface area contributed by atoms with Crippen molar-refractivity contribution >= 4 is 28.9 Å². The van der Waals surface area contributed by atoms with Crippen LogP contribution in [0.1, 0.15) is 48.0 Å². The average molecular weight is 563 g/mol. The predicted octanol–water partition coefficient (Wildman–Crippen LogP) is 7.65. The first-order valence-electron chi connectivity index (χ1n) is 12.7. The number of methoxy groups -OCH3 is 1. The van der Waals surface area contributed by atoms with Crippen LogP contribution in [0, 0.1) is 35.1 Å². The van der Waals surface area contributed by atoms with E-state index >= 15 is 0 Å². The zero-order valence-corrected chi connectivity index (χ0v) is 21.9. The molecule has 2 N–H and O–H groups in total. The van der Waals surface area contributed by atoms with E-state index in [1.807, 2.05) is 0 Å². The number of anilines is 2. The normalized spacial score (nSPS) is 17.1. The third kappa shape index (κ3) is 5.24. The van der Waals surface area contributed by atoms with Gasteiger partial charge in [-0.25, -0.2) is 22.4 Å². The zero-order valence-electron chi connectivity index (χ0n) is 21.1. The Bertz CT molecular complexity index is 1330. The minimum absolute atomic E-state index is 0.0406. The molecule has 3 aromatic rings. The van der Waals surface area contributed by atoms with Gasteiger partial charge in [0.15, 0.2) is 29.0 Å². The summed E-state index contributed by atoms with van der Waals surface area (Å²) in [6.07, 6.45) is 4.65. The summed E-state index contributed by atoms with van der Waals surface area (Å²) in [6, 6.07) is 10.9. The molecule has 39 heavy (non-hydrogen) atoms. The number of rotatable bonds is 7. The molecule has 206 valence electrons. The fourth-order valence-electron chi connectivity index (χ4n) is 5.72. The van der Waals surface area contributed by atoms with Gasteiger partial charge < -0.3 is 20.1 Å².